The maximum Gasteiger partial charge on any atom is 0.242 e. The zero-order chi connectivity index (χ0) is 22.8. The summed E-state index contributed by atoms with van der Waals surface area (Å²) in [7, 11) is 1.63. The molecule has 5 nitrogen and oxygen atoms in total. The summed E-state index contributed by atoms with van der Waals surface area (Å²) in [4.78, 5) is 29.1. The number of nitrogens with one attached hydrogen (secondary N) is 1. The Labute approximate surface area is 195 Å². The van der Waals surface area contributed by atoms with E-state index in [0.717, 1.165) is 41.9 Å². The number of thioether (sulfide) groups is 1. The zero-order valence-electron chi connectivity index (χ0n) is 19.1. The van der Waals surface area contributed by atoms with Gasteiger partial charge in [-0.05, 0) is 49.6 Å². The van der Waals surface area contributed by atoms with E-state index in [0.29, 0.717) is 18.7 Å². The number of amides is 2. The molecule has 2 aromatic rings. The van der Waals surface area contributed by atoms with Crippen LogP contribution in [0.15, 0.2) is 59.5 Å². The van der Waals surface area contributed by atoms with Crippen LogP contribution in [0.5, 0.6) is 5.75 Å². The Morgan fingerprint density at radius 3 is 2.56 bits per heavy atom. The lowest BCUT2D eigenvalue weighted by Crippen LogP contribution is -2.50. The van der Waals surface area contributed by atoms with Crippen molar-refractivity contribution in [1.29, 1.82) is 0 Å². The van der Waals surface area contributed by atoms with Gasteiger partial charge in [0.2, 0.25) is 11.8 Å². The van der Waals surface area contributed by atoms with Crippen LogP contribution in [-0.4, -0.2) is 41.7 Å². The fourth-order valence-corrected chi connectivity index (χ4v) is 4.90. The third kappa shape index (κ3) is 7.30. The van der Waals surface area contributed by atoms with E-state index in [1.54, 1.807) is 23.8 Å². The van der Waals surface area contributed by atoms with Gasteiger partial charge in [0.15, 0.2) is 0 Å². The minimum Gasteiger partial charge on any atom is -0.497 e. The highest BCUT2D eigenvalue weighted by Crippen LogP contribution is 2.21. The van der Waals surface area contributed by atoms with Crippen molar-refractivity contribution in [1.82, 2.24) is 10.2 Å². The van der Waals surface area contributed by atoms with Gasteiger partial charge in [-0.15, -0.1) is 11.8 Å². The van der Waals surface area contributed by atoms with Gasteiger partial charge in [0.05, 0.1) is 7.11 Å². The van der Waals surface area contributed by atoms with Crippen LogP contribution in [0.25, 0.3) is 0 Å². The van der Waals surface area contributed by atoms with E-state index in [1.165, 1.54) is 6.42 Å². The molecular weight excluding hydrogens is 420 g/mol. The van der Waals surface area contributed by atoms with Crippen LogP contribution in [0.3, 0.4) is 0 Å². The molecule has 6 heteroatoms. The predicted octanol–water partition coefficient (Wildman–Crippen LogP) is 5.04. The molecule has 1 aliphatic carbocycles. The van der Waals surface area contributed by atoms with Crippen molar-refractivity contribution in [2.75, 3.05) is 12.9 Å². The summed E-state index contributed by atoms with van der Waals surface area (Å²) in [6, 6.07) is 17.4. The zero-order valence-corrected chi connectivity index (χ0v) is 19.9. The van der Waals surface area contributed by atoms with Crippen LogP contribution >= 0.6 is 11.8 Å². The molecule has 1 N–H and O–H groups in total. The fourth-order valence-electron chi connectivity index (χ4n) is 4.04. The maximum absolute atomic E-state index is 13.2. The van der Waals surface area contributed by atoms with Crippen LogP contribution < -0.4 is 10.1 Å². The Hall–Kier alpha value is -2.47. The van der Waals surface area contributed by atoms with Crippen molar-refractivity contribution in [3.05, 3.63) is 60.2 Å². The van der Waals surface area contributed by atoms with Gasteiger partial charge in [0.25, 0.3) is 0 Å². The summed E-state index contributed by atoms with van der Waals surface area (Å²) in [5.74, 6) is 1.34. The lowest BCUT2D eigenvalue weighted by molar-refractivity contribution is -0.140. The fraction of sp³-hybridized carbons (Fsp3) is 0.462. The first-order valence-corrected chi connectivity index (χ1v) is 12.5. The molecule has 0 saturated heterocycles. The first-order chi connectivity index (χ1) is 15.6. The van der Waals surface area contributed by atoms with Crippen molar-refractivity contribution in [3.63, 3.8) is 0 Å². The molecule has 3 rings (SSSR count). The normalized spacial score (nSPS) is 15.1. The Morgan fingerprint density at radius 1 is 1.09 bits per heavy atom. The molecule has 0 spiro atoms. The van der Waals surface area contributed by atoms with Crippen molar-refractivity contribution in [3.8, 4) is 5.75 Å². The summed E-state index contributed by atoms with van der Waals surface area (Å²) in [6.07, 6.45) is 5.98. The van der Waals surface area contributed by atoms with Gasteiger partial charge in [-0.1, -0.05) is 49.6 Å². The number of methoxy groups -OCH3 is 1. The molecule has 0 unspecified atom stereocenters. The predicted molar refractivity (Wildman–Crippen MR) is 130 cm³/mol. The molecule has 2 aromatic carbocycles. The second-order valence-corrected chi connectivity index (χ2v) is 9.47. The van der Waals surface area contributed by atoms with Gasteiger partial charge >= 0.3 is 0 Å². The summed E-state index contributed by atoms with van der Waals surface area (Å²) in [5.41, 5.74) is 0.950. The minimum absolute atomic E-state index is 0.0115. The SMILES string of the molecule is COc1cccc(CN(C(=O)CCSc2ccccc2)[C@H](C)C(=O)NC2CCCCC2)c1. The van der Waals surface area contributed by atoms with Gasteiger partial charge in [-0.25, -0.2) is 0 Å². The highest BCUT2D eigenvalue weighted by atomic mass is 32.2. The molecule has 32 heavy (non-hydrogen) atoms. The quantitative estimate of drug-likeness (QED) is 0.511. The Kier molecular flexibility index (Phi) is 9.47. The van der Waals surface area contributed by atoms with Gasteiger partial charge in [-0.3, -0.25) is 9.59 Å². The van der Waals surface area contributed by atoms with Crippen LogP contribution in [0, 0.1) is 0 Å². The summed E-state index contributed by atoms with van der Waals surface area (Å²) in [5, 5.41) is 3.18. The lowest BCUT2D eigenvalue weighted by atomic mass is 9.95. The highest BCUT2D eigenvalue weighted by Gasteiger charge is 2.28. The largest absolute Gasteiger partial charge is 0.497 e. The third-order valence-electron chi connectivity index (χ3n) is 5.93. The van der Waals surface area contributed by atoms with Crippen LogP contribution in [0.4, 0.5) is 0 Å². The van der Waals surface area contributed by atoms with Crippen molar-refractivity contribution in [2.24, 2.45) is 0 Å². The van der Waals surface area contributed by atoms with Crippen LogP contribution in [-0.2, 0) is 16.1 Å². The van der Waals surface area contributed by atoms with Crippen molar-refractivity contribution >= 4 is 23.6 Å². The van der Waals surface area contributed by atoms with E-state index in [2.05, 4.69) is 5.32 Å². The highest BCUT2D eigenvalue weighted by molar-refractivity contribution is 7.99. The average molecular weight is 455 g/mol. The lowest BCUT2D eigenvalue weighted by Gasteiger charge is -2.31. The molecule has 0 radical (unpaired) electrons. The number of carbonyl (C=O) groups is 2. The monoisotopic (exact) mass is 454 g/mol. The molecule has 1 fully saturated rings. The second kappa shape index (κ2) is 12.5. The van der Waals surface area contributed by atoms with Gasteiger partial charge < -0.3 is 15.0 Å². The van der Waals surface area contributed by atoms with Gasteiger partial charge in [0, 0.05) is 29.7 Å². The Balaban J connectivity index is 1.67. The van der Waals surface area contributed by atoms with E-state index >= 15 is 0 Å². The summed E-state index contributed by atoms with van der Waals surface area (Å²) in [6.45, 7) is 2.21. The topological polar surface area (TPSA) is 58.6 Å². The molecule has 1 aliphatic rings. The standard InChI is InChI=1S/C26H34N2O3S/c1-20(26(30)27-22-11-5-3-6-12-22)28(19-21-10-9-13-23(18-21)31-2)25(29)16-17-32-24-14-7-4-8-15-24/h4,7-10,13-15,18,20,22H,3,5-6,11-12,16-17,19H2,1-2H3,(H,27,30)/t20-/m1/s1. The molecular formula is C26H34N2O3S. The van der Waals surface area contributed by atoms with E-state index in [1.807, 2.05) is 61.5 Å². The van der Waals surface area contributed by atoms with E-state index in [-0.39, 0.29) is 17.9 Å². The van der Waals surface area contributed by atoms with Crippen LogP contribution in [0.2, 0.25) is 0 Å². The number of ether oxygens (including phenoxy) is 1. The molecule has 1 atom stereocenters. The summed E-state index contributed by atoms with van der Waals surface area (Å²) >= 11 is 1.66. The Morgan fingerprint density at radius 2 is 1.84 bits per heavy atom. The average Bonchev–Trinajstić information content (AvgIpc) is 2.83. The number of hydrogen-bond acceptors (Lipinski definition) is 4. The van der Waals surface area contributed by atoms with Crippen LogP contribution in [0.1, 0.15) is 51.0 Å². The smallest absolute Gasteiger partial charge is 0.242 e. The molecule has 2 amide bonds. The van der Waals surface area contributed by atoms with Gasteiger partial charge in [-0.2, -0.15) is 0 Å². The number of hydrogen-bond donors (Lipinski definition) is 1. The molecule has 0 aliphatic heterocycles. The molecule has 172 valence electrons. The van der Waals surface area contributed by atoms with Crippen molar-refractivity contribution < 1.29 is 14.3 Å². The summed E-state index contributed by atoms with van der Waals surface area (Å²) < 4.78 is 5.33. The molecule has 0 aromatic heterocycles. The number of benzene rings is 2. The van der Waals surface area contributed by atoms with Gasteiger partial charge in [0.1, 0.15) is 11.8 Å². The number of rotatable bonds is 10. The van der Waals surface area contributed by atoms with E-state index in [9.17, 15) is 9.59 Å². The third-order valence-corrected chi connectivity index (χ3v) is 6.95. The molecule has 1 saturated carbocycles. The molecule has 0 bridgehead atoms. The number of nitrogens with zero attached hydrogens (tertiary/aromatic N) is 1. The first kappa shape index (κ1) is 24.2. The second-order valence-electron chi connectivity index (χ2n) is 8.30. The molecule has 0 heterocycles. The van der Waals surface area contributed by atoms with E-state index in [4.69, 9.17) is 4.74 Å². The minimum atomic E-state index is -0.530. The first-order valence-electron chi connectivity index (χ1n) is 11.5. The number of carbonyl (C=O) groups excluding carboxylic acids is 2. The maximum atomic E-state index is 13.2. The Bertz CT molecular complexity index is 868. The van der Waals surface area contributed by atoms with Crippen molar-refractivity contribution in [2.45, 2.75) is 69.0 Å². The van der Waals surface area contributed by atoms with E-state index < -0.39 is 6.04 Å².